The number of pyridine rings is 1. The first-order valence-electron chi connectivity index (χ1n) is 9.01. The Hall–Kier alpha value is -2.01. The number of sulfonamides is 2. The summed E-state index contributed by atoms with van der Waals surface area (Å²) in [6, 6.07) is 9.45. The monoisotopic (exact) mass is 424 g/mol. The number of nitrogens with zero attached hydrogens (tertiary/aromatic N) is 1. The van der Waals surface area contributed by atoms with Crippen LogP contribution in [0.5, 0.6) is 0 Å². The van der Waals surface area contributed by atoms with Gasteiger partial charge in [0.1, 0.15) is 10.7 Å². The van der Waals surface area contributed by atoms with Crippen molar-refractivity contribution in [1.29, 1.82) is 0 Å². The number of nitrogens with one attached hydrogen (secondary N) is 3. The van der Waals surface area contributed by atoms with E-state index in [0.717, 1.165) is 24.8 Å². The van der Waals surface area contributed by atoms with Crippen LogP contribution < -0.4 is 15.0 Å². The number of hydrogen-bond donors (Lipinski definition) is 3. The zero-order valence-corrected chi connectivity index (χ0v) is 17.3. The molecule has 1 fully saturated rings. The van der Waals surface area contributed by atoms with Crippen LogP contribution in [0.25, 0.3) is 0 Å². The van der Waals surface area contributed by atoms with E-state index in [1.54, 1.807) is 24.3 Å². The van der Waals surface area contributed by atoms with E-state index in [1.165, 1.54) is 18.3 Å². The third-order valence-corrected chi connectivity index (χ3v) is 6.91. The molecule has 28 heavy (non-hydrogen) atoms. The van der Waals surface area contributed by atoms with Crippen LogP contribution in [0.1, 0.15) is 32.3 Å². The Kier molecular flexibility index (Phi) is 6.04. The molecule has 1 aliphatic rings. The minimum absolute atomic E-state index is 0.00142. The van der Waals surface area contributed by atoms with E-state index in [1.807, 2.05) is 0 Å². The molecule has 152 valence electrons. The molecule has 10 heteroatoms. The Labute approximate surface area is 165 Å². The molecule has 0 saturated heterocycles. The molecule has 0 radical (unpaired) electrons. The van der Waals surface area contributed by atoms with Crippen molar-refractivity contribution >= 4 is 25.9 Å². The van der Waals surface area contributed by atoms with Crippen LogP contribution in [0, 0.1) is 5.92 Å². The Morgan fingerprint density at radius 3 is 2.14 bits per heavy atom. The maximum Gasteiger partial charge on any atom is 0.257 e. The van der Waals surface area contributed by atoms with Gasteiger partial charge in [-0.2, -0.15) is 0 Å². The molecule has 0 atom stereocenters. The van der Waals surface area contributed by atoms with Gasteiger partial charge in [-0.1, -0.05) is 26.0 Å². The highest BCUT2D eigenvalue weighted by molar-refractivity contribution is 7.89. The van der Waals surface area contributed by atoms with Gasteiger partial charge in [-0.15, -0.1) is 4.83 Å². The third kappa shape index (κ3) is 5.51. The smallest absolute Gasteiger partial charge is 0.257 e. The molecule has 0 amide bonds. The third-order valence-electron chi connectivity index (χ3n) is 4.14. The first-order chi connectivity index (χ1) is 13.2. The molecule has 0 aliphatic heterocycles. The second-order valence-electron chi connectivity index (χ2n) is 7.25. The van der Waals surface area contributed by atoms with Gasteiger partial charge in [0.2, 0.25) is 10.0 Å². The number of anilines is 1. The second-order valence-corrected chi connectivity index (χ2v) is 10.6. The molecule has 1 aromatic carbocycles. The molecule has 0 bridgehead atoms. The molecule has 2 aromatic rings. The first-order valence-corrected chi connectivity index (χ1v) is 12.0. The van der Waals surface area contributed by atoms with E-state index in [2.05, 4.69) is 33.8 Å². The zero-order valence-electron chi connectivity index (χ0n) is 15.7. The van der Waals surface area contributed by atoms with Crippen LogP contribution in [0.4, 0.5) is 5.82 Å². The summed E-state index contributed by atoms with van der Waals surface area (Å²) >= 11 is 0. The summed E-state index contributed by atoms with van der Waals surface area (Å²) in [6.45, 7) is 4.20. The molecule has 3 N–H and O–H groups in total. The highest BCUT2D eigenvalue weighted by Gasteiger charge is 2.28. The van der Waals surface area contributed by atoms with Gasteiger partial charge in [0, 0.05) is 12.2 Å². The molecule has 3 rings (SSSR count). The van der Waals surface area contributed by atoms with Gasteiger partial charge >= 0.3 is 0 Å². The van der Waals surface area contributed by atoms with Crippen LogP contribution >= 0.6 is 0 Å². The van der Waals surface area contributed by atoms with Crippen molar-refractivity contribution < 1.29 is 16.8 Å². The Bertz CT molecular complexity index is 1010. The molecule has 8 nitrogen and oxygen atoms in total. The van der Waals surface area contributed by atoms with Gasteiger partial charge in [0.25, 0.3) is 10.0 Å². The van der Waals surface area contributed by atoms with E-state index in [-0.39, 0.29) is 21.7 Å². The SMILES string of the molecule is CC(C)Cc1ccc(S(=O)(=O)NNc2ccc(S(=O)(=O)NC3CC3)cn2)cc1. The Morgan fingerprint density at radius 1 is 0.964 bits per heavy atom. The number of aromatic nitrogens is 1. The van der Waals surface area contributed by atoms with Gasteiger partial charge in [-0.05, 0) is 55.0 Å². The maximum absolute atomic E-state index is 12.4. The van der Waals surface area contributed by atoms with Gasteiger partial charge < -0.3 is 0 Å². The van der Waals surface area contributed by atoms with Gasteiger partial charge in [0.15, 0.2) is 0 Å². The molecular weight excluding hydrogens is 400 g/mol. The second kappa shape index (κ2) is 8.16. The van der Waals surface area contributed by atoms with Gasteiger partial charge in [-0.25, -0.2) is 26.5 Å². The maximum atomic E-state index is 12.4. The largest absolute Gasteiger partial charge is 0.292 e. The minimum atomic E-state index is -3.78. The van der Waals surface area contributed by atoms with Crippen molar-refractivity contribution in [2.75, 3.05) is 5.43 Å². The topological polar surface area (TPSA) is 117 Å². The molecular formula is C18H24N4O4S2. The number of rotatable bonds is 9. The summed E-state index contributed by atoms with van der Waals surface area (Å²) in [4.78, 5) is 6.37. The average Bonchev–Trinajstić information content (AvgIpc) is 3.44. The average molecular weight is 425 g/mol. The molecule has 1 aromatic heterocycles. The molecule has 1 saturated carbocycles. The summed E-state index contributed by atoms with van der Waals surface area (Å²) in [5.74, 6) is 0.671. The van der Waals surface area contributed by atoms with E-state index < -0.39 is 20.0 Å². The van der Waals surface area contributed by atoms with E-state index in [9.17, 15) is 16.8 Å². The standard InChI is InChI=1S/C18H24N4O4S2/c1-13(2)11-14-3-7-16(8-4-14)28(25,26)22-20-18-10-9-17(12-19-18)27(23,24)21-15-5-6-15/h3-4,7-10,12-13,15,21-22H,5-6,11H2,1-2H3,(H,19,20). The zero-order chi connectivity index (χ0) is 20.4. The Morgan fingerprint density at radius 2 is 1.61 bits per heavy atom. The number of hydrogen-bond acceptors (Lipinski definition) is 6. The van der Waals surface area contributed by atoms with Crippen LogP contribution in [0.3, 0.4) is 0 Å². The first kappa shape index (κ1) is 20.7. The van der Waals surface area contributed by atoms with Crippen LogP contribution in [-0.2, 0) is 26.5 Å². The Balaban J connectivity index is 1.62. The molecule has 1 aliphatic carbocycles. The summed E-state index contributed by atoms with van der Waals surface area (Å²) in [6.07, 6.45) is 3.74. The van der Waals surface area contributed by atoms with E-state index in [0.29, 0.717) is 5.92 Å². The quantitative estimate of drug-likeness (QED) is 0.530. The lowest BCUT2D eigenvalue weighted by Gasteiger charge is -2.11. The predicted octanol–water partition coefficient (Wildman–Crippen LogP) is 2.03. The van der Waals surface area contributed by atoms with Crippen molar-refractivity contribution in [2.24, 2.45) is 5.92 Å². The normalized spacial score (nSPS) is 15.0. The molecule has 1 heterocycles. The van der Waals surface area contributed by atoms with Crippen molar-refractivity contribution in [2.45, 2.75) is 48.9 Å². The highest BCUT2D eigenvalue weighted by atomic mass is 32.2. The lowest BCUT2D eigenvalue weighted by Crippen LogP contribution is -2.30. The lowest BCUT2D eigenvalue weighted by molar-refractivity contribution is 0.580. The molecule has 0 spiro atoms. The lowest BCUT2D eigenvalue weighted by atomic mass is 10.0. The van der Waals surface area contributed by atoms with E-state index in [4.69, 9.17) is 0 Å². The number of hydrazine groups is 1. The van der Waals surface area contributed by atoms with Gasteiger partial charge in [0.05, 0.1) is 4.90 Å². The fourth-order valence-corrected chi connectivity index (χ4v) is 4.66. The van der Waals surface area contributed by atoms with Crippen molar-refractivity contribution in [3.8, 4) is 0 Å². The number of benzene rings is 1. The van der Waals surface area contributed by atoms with Crippen molar-refractivity contribution in [3.05, 3.63) is 48.2 Å². The van der Waals surface area contributed by atoms with Crippen LogP contribution in [-0.4, -0.2) is 27.9 Å². The molecule has 0 unspecified atom stereocenters. The summed E-state index contributed by atoms with van der Waals surface area (Å²) in [7, 11) is -7.37. The minimum Gasteiger partial charge on any atom is -0.292 e. The van der Waals surface area contributed by atoms with Crippen LogP contribution in [0.15, 0.2) is 52.4 Å². The van der Waals surface area contributed by atoms with E-state index >= 15 is 0 Å². The fourth-order valence-electron chi connectivity index (χ4n) is 2.56. The van der Waals surface area contributed by atoms with Crippen molar-refractivity contribution in [1.82, 2.24) is 14.5 Å². The summed E-state index contributed by atoms with van der Waals surface area (Å²) in [5, 5.41) is 0. The van der Waals surface area contributed by atoms with Crippen LogP contribution in [0.2, 0.25) is 0 Å². The predicted molar refractivity (Wildman–Crippen MR) is 107 cm³/mol. The van der Waals surface area contributed by atoms with Crippen molar-refractivity contribution in [3.63, 3.8) is 0 Å². The summed E-state index contributed by atoms with van der Waals surface area (Å²) in [5.41, 5.74) is 3.57. The van der Waals surface area contributed by atoms with Gasteiger partial charge in [-0.3, -0.25) is 5.43 Å². The highest BCUT2D eigenvalue weighted by Crippen LogP contribution is 2.22. The fraction of sp³-hybridized carbons (Fsp3) is 0.389. The summed E-state index contributed by atoms with van der Waals surface area (Å²) < 4.78 is 51.5.